The smallest absolute Gasteiger partial charge is 0.301 e. The summed E-state index contributed by atoms with van der Waals surface area (Å²) >= 11 is 0. The van der Waals surface area contributed by atoms with Gasteiger partial charge in [-0.15, -0.1) is 0 Å². The summed E-state index contributed by atoms with van der Waals surface area (Å²) in [7, 11) is 0. The van der Waals surface area contributed by atoms with E-state index in [2.05, 4.69) is 17.1 Å². The number of hydrazone groups is 1. The quantitative estimate of drug-likeness (QED) is 0.283. The van der Waals surface area contributed by atoms with Crippen LogP contribution in [0.15, 0.2) is 54.2 Å². The van der Waals surface area contributed by atoms with Crippen LogP contribution in [0.2, 0.25) is 0 Å². The fraction of sp³-hybridized carbons (Fsp3) is 0.167. The van der Waals surface area contributed by atoms with Gasteiger partial charge in [-0.05, 0) is 36.8 Å². The molecule has 0 fully saturated rings. The molecule has 28 heavy (non-hydrogen) atoms. The fourth-order valence-corrected chi connectivity index (χ4v) is 2.20. The van der Waals surface area contributed by atoms with Crippen molar-refractivity contribution in [2.24, 2.45) is 5.10 Å². The van der Waals surface area contributed by atoms with Gasteiger partial charge in [0.1, 0.15) is 12.3 Å². The molecule has 0 aromatic heterocycles. The number of nitrogens with zero attached hydrogens (tertiary/aromatic N) is 3. The molecule has 10 nitrogen and oxygen atoms in total. The van der Waals surface area contributed by atoms with E-state index < -0.39 is 15.5 Å². The molecular weight excluding hydrogens is 368 g/mol. The summed E-state index contributed by atoms with van der Waals surface area (Å²) in [6.45, 7) is 6.21. The number of benzene rings is 2. The molecule has 0 aliphatic heterocycles. The first-order valence-electron chi connectivity index (χ1n) is 8.18. The summed E-state index contributed by atoms with van der Waals surface area (Å²) in [5, 5.41) is 25.9. The lowest BCUT2D eigenvalue weighted by Crippen LogP contribution is -2.00. The predicted octanol–water partition coefficient (Wildman–Crippen LogP) is 3.91. The van der Waals surface area contributed by atoms with Crippen molar-refractivity contribution in [1.82, 2.24) is 0 Å². The normalized spacial score (nSPS) is 10.5. The SMILES string of the molecule is C=CCOc1ccc(/C=N/Nc2ccc([N+](=O)[O-])cc2[N+](=O)[O-])cc1OCC. The number of ether oxygens (including phenoxy) is 2. The molecule has 0 aliphatic carbocycles. The summed E-state index contributed by atoms with van der Waals surface area (Å²) in [5.74, 6) is 1.08. The van der Waals surface area contributed by atoms with Crippen LogP contribution in [0.25, 0.3) is 0 Å². The average Bonchev–Trinajstić information content (AvgIpc) is 2.67. The minimum Gasteiger partial charge on any atom is -0.490 e. The Hall–Kier alpha value is -3.95. The molecule has 0 atom stereocenters. The number of nitro benzene ring substituents is 2. The molecule has 0 saturated heterocycles. The Labute approximate surface area is 160 Å². The third-order valence-electron chi connectivity index (χ3n) is 3.41. The van der Waals surface area contributed by atoms with Gasteiger partial charge in [0, 0.05) is 6.07 Å². The highest BCUT2D eigenvalue weighted by atomic mass is 16.6. The van der Waals surface area contributed by atoms with Gasteiger partial charge in [-0.25, -0.2) is 0 Å². The molecule has 146 valence electrons. The van der Waals surface area contributed by atoms with Crippen LogP contribution in [0.4, 0.5) is 17.1 Å². The molecule has 0 aliphatic rings. The van der Waals surface area contributed by atoms with Crippen molar-refractivity contribution < 1.29 is 19.3 Å². The van der Waals surface area contributed by atoms with E-state index in [1.54, 1.807) is 24.3 Å². The van der Waals surface area contributed by atoms with E-state index in [0.717, 1.165) is 12.1 Å². The number of non-ortho nitro benzene ring substituents is 1. The van der Waals surface area contributed by atoms with Crippen molar-refractivity contribution >= 4 is 23.3 Å². The third kappa shape index (κ3) is 5.27. The topological polar surface area (TPSA) is 129 Å². The molecule has 2 aromatic carbocycles. The Kier molecular flexibility index (Phi) is 7.03. The van der Waals surface area contributed by atoms with E-state index in [9.17, 15) is 20.2 Å². The Balaban J connectivity index is 2.20. The van der Waals surface area contributed by atoms with Crippen molar-refractivity contribution in [2.75, 3.05) is 18.6 Å². The zero-order chi connectivity index (χ0) is 20.5. The number of hydrogen-bond donors (Lipinski definition) is 1. The fourth-order valence-electron chi connectivity index (χ4n) is 2.20. The molecule has 0 radical (unpaired) electrons. The Morgan fingerprint density at radius 3 is 2.54 bits per heavy atom. The minimum atomic E-state index is -0.718. The molecule has 1 N–H and O–H groups in total. The molecule has 0 amide bonds. The highest BCUT2D eigenvalue weighted by molar-refractivity contribution is 5.82. The number of nitro groups is 2. The Morgan fingerprint density at radius 2 is 1.89 bits per heavy atom. The van der Waals surface area contributed by atoms with Gasteiger partial charge >= 0.3 is 5.69 Å². The zero-order valence-corrected chi connectivity index (χ0v) is 15.0. The molecule has 0 heterocycles. The van der Waals surface area contributed by atoms with Gasteiger partial charge in [-0.3, -0.25) is 25.7 Å². The second-order valence-electron chi connectivity index (χ2n) is 5.32. The lowest BCUT2D eigenvalue weighted by molar-refractivity contribution is -0.393. The summed E-state index contributed by atoms with van der Waals surface area (Å²) in [6.07, 6.45) is 3.05. The number of hydrogen-bond acceptors (Lipinski definition) is 8. The lowest BCUT2D eigenvalue weighted by Gasteiger charge is -2.11. The molecule has 0 bridgehead atoms. The first-order valence-corrected chi connectivity index (χ1v) is 8.18. The highest BCUT2D eigenvalue weighted by Crippen LogP contribution is 2.30. The zero-order valence-electron chi connectivity index (χ0n) is 15.0. The van der Waals surface area contributed by atoms with Crippen LogP contribution >= 0.6 is 0 Å². The second-order valence-corrected chi connectivity index (χ2v) is 5.32. The first kappa shape index (κ1) is 20.4. The molecule has 2 aromatic rings. The average molecular weight is 386 g/mol. The monoisotopic (exact) mass is 386 g/mol. The molecule has 0 spiro atoms. The Bertz CT molecular complexity index is 913. The summed E-state index contributed by atoms with van der Waals surface area (Å²) < 4.78 is 11.0. The first-order chi connectivity index (χ1) is 13.5. The third-order valence-corrected chi connectivity index (χ3v) is 3.41. The molecule has 0 unspecified atom stereocenters. The van der Waals surface area contributed by atoms with Crippen molar-refractivity contribution in [2.45, 2.75) is 6.92 Å². The number of rotatable bonds is 10. The largest absolute Gasteiger partial charge is 0.490 e. The maximum atomic E-state index is 11.1. The number of nitrogens with one attached hydrogen (secondary N) is 1. The van der Waals surface area contributed by atoms with E-state index in [4.69, 9.17) is 9.47 Å². The second kappa shape index (κ2) is 9.67. The van der Waals surface area contributed by atoms with E-state index in [-0.39, 0.29) is 11.4 Å². The number of anilines is 1. The molecular formula is C18H18N4O6. The lowest BCUT2D eigenvalue weighted by atomic mass is 10.2. The van der Waals surface area contributed by atoms with E-state index in [0.29, 0.717) is 30.3 Å². The summed E-state index contributed by atoms with van der Waals surface area (Å²) in [5.41, 5.74) is 2.39. The van der Waals surface area contributed by atoms with E-state index >= 15 is 0 Å². The highest BCUT2D eigenvalue weighted by Gasteiger charge is 2.19. The predicted molar refractivity (Wildman–Crippen MR) is 104 cm³/mol. The van der Waals surface area contributed by atoms with Gasteiger partial charge in [0.25, 0.3) is 5.69 Å². The van der Waals surface area contributed by atoms with Gasteiger partial charge in [0.2, 0.25) is 0 Å². The summed E-state index contributed by atoms with van der Waals surface area (Å²) in [6, 6.07) is 8.41. The van der Waals surface area contributed by atoms with Crippen LogP contribution in [0.1, 0.15) is 12.5 Å². The van der Waals surface area contributed by atoms with E-state index in [1.165, 1.54) is 12.3 Å². The van der Waals surface area contributed by atoms with Crippen LogP contribution in [-0.4, -0.2) is 29.3 Å². The maximum absolute atomic E-state index is 11.1. The van der Waals surface area contributed by atoms with Gasteiger partial charge < -0.3 is 9.47 Å². The minimum absolute atomic E-state index is 0.0304. The maximum Gasteiger partial charge on any atom is 0.301 e. The molecule has 0 saturated carbocycles. The Morgan fingerprint density at radius 1 is 1.11 bits per heavy atom. The van der Waals surface area contributed by atoms with Crippen LogP contribution in [-0.2, 0) is 0 Å². The van der Waals surface area contributed by atoms with Gasteiger partial charge in [-0.1, -0.05) is 12.7 Å². The van der Waals surface area contributed by atoms with Crippen molar-refractivity contribution in [3.8, 4) is 11.5 Å². The molecule has 10 heteroatoms. The van der Waals surface area contributed by atoms with Crippen LogP contribution in [0, 0.1) is 20.2 Å². The van der Waals surface area contributed by atoms with Crippen molar-refractivity contribution in [3.63, 3.8) is 0 Å². The van der Waals surface area contributed by atoms with Crippen molar-refractivity contribution in [1.29, 1.82) is 0 Å². The van der Waals surface area contributed by atoms with Crippen molar-refractivity contribution in [3.05, 3.63) is 74.8 Å². The van der Waals surface area contributed by atoms with Gasteiger partial charge in [-0.2, -0.15) is 5.10 Å². The summed E-state index contributed by atoms with van der Waals surface area (Å²) in [4.78, 5) is 20.5. The van der Waals surface area contributed by atoms with Crippen LogP contribution < -0.4 is 14.9 Å². The standard InChI is InChI=1S/C18H18N4O6/c1-3-9-28-17-8-5-13(10-18(17)27-4-2)12-19-20-15-7-6-14(21(23)24)11-16(15)22(25)26/h3,5-8,10-12,20H,1,4,9H2,2H3/b19-12+. The molecule has 2 rings (SSSR count). The van der Waals surface area contributed by atoms with Crippen LogP contribution in [0.5, 0.6) is 11.5 Å². The van der Waals surface area contributed by atoms with Gasteiger partial charge in [0.05, 0.1) is 28.7 Å². The van der Waals surface area contributed by atoms with Gasteiger partial charge in [0.15, 0.2) is 11.5 Å². The van der Waals surface area contributed by atoms with E-state index in [1.807, 2.05) is 6.92 Å². The van der Waals surface area contributed by atoms with Crippen LogP contribution in [0.3, 0.4) is 0 Å².